The molecule has 31 heavy (non-hydrogen) atoms. The Bertz CT molecular complexity index is 1040. The Morgan fingerprint density at radius 1 is 1.10 bits per heavy atom. The highest BCUT2D eigenvalue weighted by atomic mass is 32.2. The smallest absolute Gasteiger partial charge is 0.244 e. The fraction of sp³-hybridized carbons (Fsp3) is 0.435. The van der Waals surface area contributed by atoms with E-state index in [1.54, 1.807) is 45.4 Å². The van der Waals surface area contributed by atoms with Gasteiger partial charge in [-0.15, -0.1) is 0 Å². The lowest BCUT2D eigenvalue weighted by molar-refractivity contribution is -0.122. The van der Waals surface area contributed by atoms with Gasteiger partial charge in [0.15, 0.2) is 0 Å². The second-order valence-electron chi connectivity index (χ2n) is 7.61. The van der Waals surface area contributed by atoms with Crippen molar-refractivity contribution in [3.05, 3.63) is 53.1 Å². The predicted octanol–water partition coefficient (Wildman–Crippen LogP) is 3.74. The van der Waals surface area contributed by atoms with E-state index in [1.807, 2.05) is 32.9 Å². The van der Waals surface area contributed by atoms with Crippen LogP contribution in [0.1, 0.15) is 43.0 Å². The summed E-state index contributed by atoms with van der Waals surface area (Å²) in [5.41, 5.74) is 2.95. The number of sulfonamides is 1. The summed E-state index contributed by atoms with van der Waals surface area (Å²) in [4.78, 5) is 13.3. The minimum Gasteiger partial charge on any atom is -0.497 e. The van der Waals surface area contributed by atoms with Crippen molar-refractivity contribution in [3.8, 4) is 11.5 Å². The summed E-state index contributed by atoms with van der Waals surface area (Å²) in [6, 6.07) is 9.59. The molecule has 0 aliphatic carbocycles. The van der Waals surface area contributed by atoms with Gasteiger partial charge in [0, 0.05) is 5.56 Å². The number of nitrogens with zero attached hydrogens (tertiary/aromatic N) is 1. The molecule has 2 atom stereocenters. The van der Waals surface area contributed by atoms with E-state index in [9.17, 15) is 13.2 Å². The lowest BCUT2D eigenvalue weighted by atomic mass is 10.0. The fourth-order valence-electron chi connectivity index (χ4n) is 3.56. The molecule has 1 amide bonds. The van der Waals surface area contributed by atoms with Gasteiger partial charge in [-0.05, 0) is 62.6 Å². The number of nitrogens with one attached hydrogen (secondary N) is 1. The Hall–Kier alpha value is -2.74. The average Bonchev–Trinajstić information content (AvgIpc) is 2.72. The zero-order valence-electron chi connectivity index (χ0n) is 19.2. The molecule has 7 nitrogen and oxygen atoms in total. The number of methoxy groups -OCH3 is 2. The molecule has 0 radical (unpaired) electrons. The second kappa shape index (κ2) is 10.0. The number of rotatable bonds is 9. The Balaban J connectivity index is 2.42. The van der Waals surface area contributed by atoms with Crippen LogP contribution in [0, 0.1) is 13.8 Å². The van der Waals surface area contributed by atoms with E-state index < -0.39 is 22.1 Å². The van der Waals surface area contributed by atoms with Gasteiger partial charge in [-0.2, -0.15) is 0 Å². The fourth-order valence-corrected chi connectivity index (χ4v) is 4.82. The van der Waals surface area contributed by atoms with Gasteiger partial charge in [-0.25, -0.2) is 8.42 Å². The molecule has 0 saturated carbocycles. The maximum Gasteiger partial charge on any atom is 0.244 e. The summed E-state index contributed by atoms with van der Waals surface area (Å²) in [6.45, 7) is 7.35. The summed E-state index contributed by atoms with van der Waals surface area (Å²) in [5, 5.41) is 2.95. The molecule has 0 bridgehead atoms. The average molecular weight is 449 g/mol. The zero-order chi connectivity index (χ0) is 23.3. The van der Waals surface area contributed by atoms with E-state index >= 15 is 0 Å². The Morgan fingerprint density at radius 3 is 2.32 bits per heavy atom. The number of amides is 1. The van der Waals surface area contributed by atoms with E-state index in [-0.39, 0.29) is 5.91 Å². The molecule has 2 aromatic carbocycles. The molecule has 0 saturated heterocycles. The van der Waals surface area contributed by atoms with Crippen LogP contribution in [0.5, 0.6) is 11.5 Å². The first-order valence-electron chi connectivity index (χ1n) is 10.1. The summed E-state index contributed by atoms with van der Waals surface area (Å²) in [5.74, 6) is 0.861. The van der Waals surface area contributed by atoms with Crippen LogP contribution in [0.3, 0.4) is 0 Å². The van der Waals surface area contributed by atoms with Crippen molar-refractivity contribution < 1.29 is 22.7 Å². The highest BCUT2D eigenvalue weighted by molar-refractivity contribution is 7.92. The number of benzene rings is 2. The van der Waals surface area contributed by atoms with Gasteiger partial charge >= 0.3 is 0 Å². The van der Waals surface area contributed by atoms with Gasteiger partial charge in [0.25, 0.3) is 0 Å². The van der Waals surface area contributed by atoms with Gasteiger partial charge in [0.1, 0.15) is 17.5 Å². The minimum atomic E-state index is -3.71. The van der Waals surface area contributed by atoms with Crippen molar-refractivity contribution in [3.63, 3.8) is 0 Å². The van der Waals surface area contributed by atoms with Crippen molar-refractivity contribution in [2.45, 2.75) is 46.2 Å². The lowest BCUT2D eigenvalue weighted by Crippen LogP contribution is -2.50. The van der Waals surface area contributed by atoms with Gasteiger partial charge in [-0.1, -0.05) is 19.1 Å². The molecule has 2 rings (SSSR count). The number of hydrogen-bond donors (Lipinski definition) is 1. The minimum absolute atomic E-state index is 0.314. The van der Waals surface area contributed by atoms with Crippen LogP contribution in [-0.4, -0.2) is 40.8 Å². The Labute approximate surface area is 185 Å². The molecule has 0 aliphatic rings. The van der Waals surface area contributed by atoms with Crippen molar-refractivity contribution in [1.82, 2.24) is 5.32 Å². The third-order valence-corrected chi connectivity index (χ3v) is 6.36. The molecule has 1 N–H and O–H groups in total. The first kappa shape index (κ1) is 24.5. The Kier molecular flexibility index (Phi) is 7.95. The first-order chi connectivity index (χ1) is 14.5. The molecule has 0 aromatic heterocycles. The van der Waals surface area contributed by atoms with E-state index in [4.69, 9.17) is 9.47 Å². The number of aryl methyl sites for hydroxylation is 2. The summed E-state index contributed by atoms with van der Waals surface area (Å²) in [6.07, 6.45) is 1.44. The van der Waals surface area contributed by atoms with Crippen LogP contribution in [0.15, 0.2) is 36.4 Å². The topological polar surface area (TPSA) is 84.9 Å². The van der Waals surface area contributed by atoms with Crippen molar-refractivity contribution in [1.29, 1.82) is 0 Å². The number of carbonyl (C=O) groups excluding carboxylic acids is 1. The van der Waals surface area contributed by atoms with Crippen LogP contribution in [0.2, 0.25) is 0 Å². The van der Waals surface area contributed by atoms with Crippen LogP contribution >= 0.6 is 0 Å². The summed E-state index contributed by atoms with van der Waals surface area (Å²) >= 11 is 0. The van der Waals surface area contributed by atoms with Crippen molar-refractivity contribution >= 4 is 21.6 Å². The number of anilines is 1. The molecular weight excluding hydrogens is 416 g/mol. The van der Waals surface area contributed by atoms with E-state index in [2.05, 4.69) is 5.32 Å². The third kappa shape index (κ3) is 5.70. The number of carbonyl (C=O) groups is 1. The first-order valence-corrected chi connectivity index (χ1v) is 12.0. The van der Waals surface area contributed by atoms with E-state index in [0.717, 1.165) is 22.9 Å². The van der Waals surface area contributed by atoms with E-state index in [1.165, 1.54) is 4.31 Å². The zero-order valence-corrected chi connectivity index (χ0v) is 20.0. The molecule has 2 aromatic rings. The summed E-state index contributed by atoms with van der Waals surface area (Å²) in [7, 11) is -0.588. The van der Waals surface area contributed by atoms with Crippen molar-refractivity contribution in [2.24, 2.45) is 0 Å². The molecule has 0 fully saturated rings. The highest BCUT2D eigenvalue weighted by Gasteiger charge is 2.33. The molecule has 0 spiro atoms. The Morgan fingerprint density at radius 2 is 1.77 bits per heavy atom. The largest absolute Gasteiger partial charge is 0.497 e. The quantitative estimate of drug-likeness (QED) is 0.632. The normalized spacial score (nSPS) is 13.3. The standard InChI is InChI=1S/C23H32N2O5S/c1-8-20(25(31(7,27)28)21-13-15(2)9-10-16(21)3)23(26)24-17(4)19-14-18(29-5)11-12-22(19)30-6/h9-14,17,20H,8H2,1-7H3,(H,24,26). The van der Waals surface area contributed by atoms with Gasteiger partial charge in [0.05, 0.1) is 32.2 Å². The van der Waals surface area contributed by atoms with Gasteiger partial charge in [-0.3, -0.25) is 9.10 Å². The molecular formula is C23H32N2O5S. The SMILES string of the molecule is CCC(C(=O)NC(C)c1cc(OC)ccc1OC)N(c1cc(C)ccc1C)S(C)(=O)=O. The molecule has 0 aliphatic heterocycles. The molecule has 2 unspecified atom stereocenters. The van der Waals surface area contributed by atoms with Crippen LogP contribution in [-0.2, 0) is 14.8 Å². The predicted molar refractivity (Wildman–Crippen MR) is 123 cm³/mol. The highest BCUT2D eigenvalue weighted by Crippen LogP contribution is 2.31. The third-order valence-electron chi connectivity index (χ3n) is 5.19. The molecule has 8 heteroatoms. The van der Waals surface area contributed by atoms with E-state index in [0.29, 0.717) is 23.6 Å². The number of ether oxygens (including phenoxy) is 2. The van der Waals surface area contributed by atoms with Gasteiger partial charge < -0.3 is 14.8 Å². The monoisotopic (exact) mass is 448 g/mol. The van der Waals surface area contributed by atoms with Crippen LogP contribution in [0.25, 0.3) is 0 Å². The number of hydrogen-bond acceptors (Lipinski definition) is 5. The van der Waals surface area contributed by atoms with Crippen LogP contribution < -0.4 is 19.1 Å². The van der Waals surface area contributed by atoms with Crippen molar-refractivity contribution in [2.75, 3.05) is 24.8 Å². The summed E-state index contributed by atoms with van der Waals surface area (Å²) < 4.78 is 37.4. The molecule has 170 valence electrons. The maximum absolute atomic E-state index is 13.3. The molecule has 0 heterocycles. The van der Waals surface area contributed by atoms with Crippen LogP contribution in [0.4, 0.5) is 5.69 Å². The lowest BCUT2D eigenvalue weighted by Gasteiger charge is -2.32. The second-order valence-corrected chi connectivity index (χ2v) is 9.47. The maximum atomic E-state index is 13.3. The van der Waals surface area contributed by atoms with Gasteiger partial charge in [0.2, 0.25) is 15.9 Å².